The van der Waals surface area contributed by atoms with Gasteiger partial charge in [-0.25, -0.2) is 10.8 Å². The van der Waals surface area contributed by atoms with Crippen LogP contribution in [0.4, 0.5) is 11.8 Å². The summed E-state index contributed by atoms with van der Waals surface area (Å²) in [7, 11) is 0. The number of nitrogens with zero attached hydrogens (tertiary/aromatic N) is 2. The quantitative estimate of drug-likeness (QED) is 0.504. The molecule has 5 nitrogen and oxygen atoms in total. The second kappa shape index (κ2) is 5.53. The van der Waals surface area contributed by atoms with Crippen LogP contribution >= 0.6 is 34.3 Å². The van der Waals surface area contributed by atoms with Crippen LogP contribution in [0.5, 0.6) is 0 Å². The molecule has 0 bridgehead atoms. The summed E-state index contributed by atoms with van der Waals surface area (Å²) in [6.45, 7) is 2.72. The van der Waals surface area contributed by atoms with E-state index >= 15 is 0 Å². The lowest BCUT2D eigenvalue weighted by Gasteiger charge is -2.07. The minimum Gasteiger partial charge on any atom is -0.364 e. The van der Waals surface area contributed by atoms with Gasteiger partial charge in [-0.05, 0) is 25.1 Å². The molecule has 0 saturated heterocycles. The summed E-state index contributed by atoms with van der Waals surface area (Å²) < 4.78 is 0.783. The maximum absolute atomic E-state index is 5.93. The molecule has 0 aliphatic rings. The monoisotopic (exact) mass is 325 g/mol. The van der Waals surface area contributed by atoms with E-state index in [9.17, 15) is 0 Å². The van der Waals surface area contributed by atoms with Gasteiger partial charge in [0.2, 0.25) is 5.95 Å². The highest BCUT2D eigenvalue weighted by Gasteiger charge is 2.10. The van der Waals surface area contributed by atoms with Crippen LogP contribution in [-0.4, -0.2) is 9.97 Å². The summed E-state index contributed by atoms with van der Waals surface area (Å²) in [5, 5.41) is 4.33. The van der Waals surface area contributed by atoms with E-state index in [1.165, 1.54) is 4.88 Å². The van der Waals surface area contributed by atoms with E-state index in [2.05, 4.69) is 26.8 Å². The van der Waals surface area contributed by atoms with Crippen molar-refractivity contribution in [3.63, 3.8) is 0 Å². The molecule has 0 saturated carbocycles. The second-order valence-corrected chi connectivity index (χ2v) is 7.21. The lowest BCUT2D eigenvalue weighted by atomic mass is 10.3. The molecule has 0 aromatic carbocycles. The van der Waals surface area contributed by atoms with Crippen molar-refractivity contribution in [3.05, 3.63) is 32.3 Å². The Kier molecular flexibility index (Phi) is 3.75. The zero-order valence-corrected chi connectivity index (χ0v) is 13.0. The van der Waals surface area contributed by atoms with Crippen LogP contribution in [0.2, 0.25) is 4.34 Å². The molecular weight excluding hydrogens is 314 g/mol. The van der Waals surface area contributed by atoms with Crippen LogP contribution in [0.1, 0.15) is 9.75 Å². The lowest BCUT2D eigenvalue weighted by molar-refractivity contribution is 1.11. The van der Waals surface area contributed by atoms with Crippen LogP contribution in [-0.2, 0) is 6.54 Å². The number of nitrogen functional groups attached to an aromatic ring is 1. The highest BCUT2D eigenvalue weighted by molar-refractivity contribution is 7.18. The van der Waals surface area contributed by atoms with Gasteiger partial charge >= 0.3 is 0 Å². The first-order chi connectivity index (χ1) is 9.65. The van der Waals surface area contributed by atoms with Gasteiger partial charge in [0.1, 0.15) is 10.6 Å². The molecule has 0 aliphatic carbocycles. The summed E-state index contributed by atoms with van der Waals surface area (Å²) in [6, 6.07) is 5.96. The number of rotatable bonds is 4. The normalized spacial score (nSPS) is 10.9. The molecule has 0 fully saturated rings. The predicted octanol–water partition coefficient (Wildman–Crippen LogP) is 3.61. The molecule has 0 unspecified atom stereocenters. The van der Waals surface area contributed by atoms with Crippen molar-refractivity contribution in [2.45, 2.75) is 13.5 Å². The second-order valence-electron chi connectivity index (χ2n) is 4.18. The SMILES string of the molecule is Cc1cc2c(NCc3ccc(Cl)s3)nc(NN)nc2s1. The number of nitrogens with two attached hydrogens (primary N) is 1. The molecule has 4 N–H and O–H groups in total. The number of hydrazine groups is 1. The molecule has 3 aromatic rings. The summed E-state index contributed by atoms with van der Waals surface area (Å²) in [5.41, 5.74) is 2.50. The topological polar surface area (TPSA) is 75.9 Å². The Morgan fingerprint density at radius 3 is 2.85 bits per heavy atom. The number of nitrogens with one attached hydrogen (secondary N) is 2. The minimum absolute atomic E-state index is 0.408. The van der Waals surface area contributed by atoms with E-state index in [1.807, 2.05) is 19.1 Å². The highest BCUT2D eigenvalue weighted by atomic mass is 35.5. The van der Waals surface area contributed by atoms with Crippen molar-refractivity contribution in [1.29, 1.82) is 0 Å². The Morgan fingerprint density at radius 2 is 2.15 bits per heavy atom. The number of aromatic nitrogens is 2. The largest absolute Gasteiger partial charge is 0.364 e. The van der Waals surface area contributed by atoms with E-state index in [1.54, 1.807) is 22.7 Å². The van der Waals surface area contributed by atoms with Crippen molar-refractivity contribution in [1.82, 2.24) is 9.97 Å². The van der Waals surface area contributed by atoms with Crippen LogP contribution in [0.3, 0.4) is 0 Å². The van der Waals surface area contributed by atoms with Crippen molar-refractivity contribution in [2.75, 3.05) is 10.7 Å². The van der Waals surface area contributed by atoms with Gasteiger partial charge in [0, 0.05) is 9.75 Å². The first-order valence-electron chi connectivity index (χ1n) is 5.88. The zero-order chi connectivity index (χ0) is 14.1. The van der Waals surface area contributed by atoms with Crippen LogP contribution in [0.15, 0.2) is 18.2 Å². The first-order valence-corrected chi connectivity index (χ1v) is 7.89. The van der Waals surface area contributed by atoms with Crippen molar-refractivity contribution in [2.24, 2.45) is 5.84 Å². The number of anilines is 2. The molecule has 3 rings (SSSR count). The molecule has 0 radical (unpaired) electrons. The van der Waals surface area contributed by atoms with Gasteiger partial charge in [-0.2, -0.15) is 4.98 Å². The maximum atomic E-state index is 5.93. The average molecular weight is 326 g/mol. The van der Waals surface area contributed by atoms with E-state index < -0.39 is 0 Å². The Labute approximate surface area is 128 Å². The number of aryl methyl sites for hydroxylation is 1. The fraction of sp³-hybridized carbons (Fsp3) is 0.167. The lowest BCUT2D eigenvalue weighted by Crippen LogP contribution is -2.11. The van der Waals surface area contributed by atoms with Gasteiger partial charge in [-0.1, -0.05) is 11.6 Å². The average Bonchev–Trinajstić information content (AvgIpc) is 3.00. The Morgan fingerprint density at radius 1 is 1.30 bits per heavy atom. The van der Waals surface area contributed by atoms with Gasteiger partial charge in [-0.15, -0.1) is 22.7 Å². The van der Waals surface area contributed by atoms with Gasteiger partial charge in [0.25, 0.3) is 0 Å². The molecule has 3 heterocycles. The van der Waals surface area contributed by atoms with Gasteiger partial charge < -0.3 is 5.32 Å². The number of halogens is 1. The summed E-state index contributed by atoms with van der Waals surface area (Å²) in [4.78, 5) is 12.0. The highest BCUT2D eigenvalue weighted by Crippen LogP contribution is 2.30. The first kappa shape index (κ1) is 13.6. The Hall–Kier alpha value is -1.41. The maximum Gasteiger partial charge on any atom is 0.240 e. The number of fused-ring (bicyclic) bond motifs is 1. The van der Waals surface area contributed by atoms with Crippen molar-refractivity contribution in [3.8, 4) is 0 Å². The molecule has 20 heavy (non-hydrogen) atoms. The van der Waals surface area contributed by atoms with Crippen molar-refractivity contribution < 1.29 is 0 Å². The van der Waals surface area contributed by atoms with E-state index in [4.69, 9.17) is 17.4 Å². The molecule has 0 amide bonds. The van der Waals surface area contributed by atoms with Crippen LogP contribution in [0, 0.1) is 6.92 Å². The smallest absolute Gasteiger partial charge is 0.240 e. The van der Waals surface area contributed by atoms with Crippen LogP contribution < -0.4 is 16.6 Å². The third-order valence-corrected chi connectivity index (χ3v) is 4.88. The standard InChI is InChI=1S/C12H12ClN5S2/c1-6-4-8-10(15-5-7-2-3-9(13)20-7)16-12(18-14)17-11(8)19-6/h2-4H,5,14H2,1H3,(H2,15,16,17,18). The fourth-order valence-corrected chi connectivity index (χ4v) is 3.77. The molecule has 104 valence electrons. The number of hydrogen-bond donors (Lipinski definition) is 3. The van der Waals surface area contributed by atoms with E-state index in [-0.39, 0.29) is 0 Å². The van der Waals surface area contributed by atoms with Gasteiger partial charge in [0.15, 0.2) is 0 Å². The fourth-order valence-electron chi connectivity index (χ4n) is 1.86. The minimum atomic E-state index is 0.408. The molecule has 0 spiro atoms. The van der Waals surface area contributed by atoms with Gasteiger partial charge in [-0.3, -0.25) is 5.43 Å². The molecule has 8 heteroatoms. The summed E-state index contributed by atoms with van der Waals surface area (Å²) in [5.74, 6) is 6.60. The Bertz CT molecular complexity index is 751. The molecular formula is C12H12ClN5S2. The molecule has 0 aliphatic heterocycles. The molecule has 3 aromatic heterocycles. The molecule has 0 atom stereocenters. The number of hydrogen-bond acceptors (Lipinski definition) is 7. The Balaban J connectivity index is 1.92. The van der Waals surface area contributed by atoms with E-state index in [0.29, 0.717) is 12.5 Å². The van der Waals surface area contributed by atoms with Gasteiger partial charge in [0.05, 0.1) is 16.3 Å². The van der Waals surface area contributed by atoms with E-state index in [0.717, 1.165) is 25.2 Å². The third kappa shape index (κ3) is 2.71. The zero-order valence-electron chi connectivity index (χ0n) is 10.6. The summed E-state index contributed by atoms with van der Waals surface area (Å²) in [6.07, 6.45) is 0. The third-order valence-electron chi connectivity index (χ3n) is 2.70. The van der Waals surface area contributed by atoms with Crippen molar-refractivity contribution >= 4 is 56.3 Å². The summed E-state index contributed by atoms with van der Waals surface area (Å²) >= 11 is 9.09. The number of thiophene rings is 2. The predicted molar refractivity (Wildman–Crippen MR) is 86.6 cm³/mol. The van der Waals surface area contributed by atoms with Crippen LogP contribution in [0.25, 0.3) is 10.2 Å².